The highest BCUT2D eigenvalue weighted by atomic mass is 16.3. The Bertz CT molecular complexity index is 560. The van der Waals surface area contributed by atoms with Crippen molar-refractivity contribution in [2.75, 3.05) is 5.73 Å². The first-order valence-corrected chi connectivity index (χ1v) is 5.77. The topological polar surface area (TPSA) is 68.3 Å². The van der Waals surface area contributed by atoms with Gasteiger partial charge in [0.2, 0.25) is 0 Å². The molecular formula is C14H16N2O2. The Morgan fingerprint density at radius 2 is 2.17 bits per heavy atom. The summed E-state index contributed by atoms with van der Waals surface area (Å²) in [4.78, 5) is 11.9. The van der Waals surface area contributed by atoms with Gasteiger partial charge in [0.15, 0.2) is 0 Å². The Balaban J connectivity index is 2.07. The van der Waals surface area contributed by atoms with Gasteiger partial charge in [0.25, 0.3) is 5.91 Å². The second-order valence-corrected chi connectivity index (χ2v) is 4.31. The number of hydrogen-bond donors (Lipinski definition) is 2. The predicted molar refractivity (Wildman–Crippen MR) is 70.2 cm³/mol. The second-order valence-electron chi connectivity index (χ2n) is 4.31. The van der Waals surface area contributed by atoms with Gasteiger partial charge in [-0.3, -0.25) is 4.79 Å². The largest absolute Gasteiger partial charge is 0.469 e. The van der Waals surface area contributed by atoms with E-state index in [1.807, 2.05) is 31.2 Å². The minimum absolute atomic E-state index is 0.101. The van der Waals surface area contributed by atoms with Gasteiger partial charge in [-0.2, -0.15) is 0 Å². The number of nitrogen functional groups attached to an aromatic ring is 1. The number of nitrogens with two attached hydrogens (primary N) is 1. The first-order valence-electron chi connectivity index (χ1n) is 5.77. The van der Waals surface area contributed by atoms with E-state index < -0.39 is 0 Å². The third-order valence-electron chi connectivity index (χ3n) is 2.75. The standard InChI is InChI=1S/C14H16N2O2/c1-9-6-12(8-18-9)14(17)16-10(2)11-4-3-5-13(15)7-11/h3-8,10H,15H2,1-2H3,(H,16,17). The van der Waals surface area contributed by atoms with Crippen molar-refractivity contribution in [3.63, 3.8) is 0 Å². The number of benzene rings is 1. The van der Waals surface area contributed by atoms with Gasteiger partial charge >= 0.3 is 0 Å². The number of carbonyl (C=O) groups is 1. The van der Waals surface area contributed by atoms with E-state index >= 15 is 0 Å². The van der Waals surface area contributed by atoms with E-state index in [1.165, 1.54) is 6.26 Å². The van der Waals surface area contributed by atoms with E-state index in [-0.39, 0.29) is 11.9 Å². The van der Waals surface area contributed by atoms with Gasteiger partial charge in [0.05, 0.1) is 11.6 Å². The lowest BCUT2D eigenvalue weighted by atomic mass is 10.1. The van der Waals surface area contributed by atoms with Crippen molar-refractivity contribution in [2.24, 2.45) is 0 Å². The zero-order valence-corrected chi connectivity index (χ0v) is 10.4. The van der Waals surface area contributed by atoms with Gasteiger partial charge in [-0.25, -0.2) is 0 Å². The summed E-state index contributed by atoms with van der Waals surface area (Å²) in [5.74, 6) is 0.568. The molecule has 0 fully saturated rings. The average Bonchev–Trinajstić information content (AvgIpc) is 2.76. The molecule has 4 nitrogen and oxygen atoms in total. The quantitative estimate of drug-likeness (QED) is 0.815. The lowest BCUT2D eigenvalue weighted by Crippen LogP contribution is -2.26. The summed E-state index contributed by atoms with van der Waals surface area (Å²) in [6, 6.07) is 9.08. The molecule has 1 aromatic carbocycles. The van der Waals surface area contributed by atoms with Crippen molar-refractivity contribution >= 4 is 11.6 Å². The Morgan fingerprint density at radius 1 is 1.39 bits per heavy atom. The van der Waals surface area contributed by atoms with Crippen molar-refractivity contribution < 1.29 is 9.21 Å². The molecule has 18 heavy (non-hydrogen) atoms. The maximum Gasteiger partial charge on any atom is 0.255 e. The molecule has 0 aliphatic carbocycles. The summed E-state index contributed by atoms with van der Waals surface area (Å²) < 4.78 is 5.11. The molecule has 1 heterocycles. The number of rotatable bonds is 3. The molecule has 4 heteroatoms. The van der Waals surface area contributed by atoms with Gasteiger partial charge < -0.3 is 15.5 Å². The first-order chi connectivity index (χ1) is 8.56. The highest BCUT2D eigenvalue weighted by molar-refractivity contribution is 5.94. The van der Waals surface area contributed by atoms with E-state index in [0.717, 1.165) is 11.3 Å². The van der Waals surface area contributed by atoms with Crippen LogP contribution in [-0.2, 0) is 0 Å². The number of nitrogens with one attached hydrogen (secondary N) is 1. The molecule has 0 radical (unpaired) electrons. The third kappa shape index (κ3) is 2.71. The Labute approximate surface area is 106 Å². The number of furan rings is 1. The van der Waals surface area contributed by atoms with Crippen molar-refractivity contribution in [2.45, 2.75) is 19.9 Å². The average molecular weight is 244 g/mol. The van der Waals surface area contributed by atoms with Crippen molar-refractivity contribution in [1.82, 2.24) is 5.32 Å². The normalized spacial score (nSPS) is 12.1. The number of anilines is 1. The Kier molecular flexibility index (Phi) is 3.37. The van der Waals surface area contributed by atoms with Crippen molar-refractivity contribution in [1.29, 1.82) is 0 Å². The fourth-order valence-electron chi connectivity index (χ4n) is 1.75. The fraction of sp³-hybridized carbons (Fsp3) is 0.214. The molecule has 3 N–H and O–H groups in total. The van der Waals surface area contributed by atoms with Gasteiger partial charge in [-0.1, -0.05) is 12.1 Å². The summed E-state index contributed by atoms with van der Waals surface area (Å²) in [6.07, 6.45) is 1.46. The van der Waals surface area contributed by atoms with Crippen LogP contribution in [0.4, 0.5) is 5.69 Å². The predicted octanol–water partition coefficient (Wildman–Crippen LogP) is 2.66. The maximum absolute atomic E-state index is 11.9. The third-order valence-corrected chi connectivity index (χ3v) is 2.75. The molecule has 94 valence electrons. The molecule has 2 aromatic rings. The number of amides is 1. The van der Waals surface area contributed by atoms with Crippen LogP contribution in [0.25, 0.3) is 0 Å². The zero-order chi connectivity index (χ0) is 13.1. The second kappa shape index (κ2) is 4.96. The smallest absolute Gasteiger partial charge is 0.255 e. The van der Waals surface area contributed by atoms with Crippen LogP contribution in [0.1, 0.15) is 34.6 Å². The van der Waals surface area contributed by atoms with Crippen LogP contribution in [0.3, 0.4) is 0 Å². The van der Waals surface area contributed by atoms with Crippen LogP contribution in [-0.4, -0.2) is 5.91 Å². The SMILES string of the molecule is Cc1cc(C(=O)NC(C)c2cccc(N)c2)co1. The van der Waals surface area contributed by atoms with E-state index in [1.54, 1.807) is 13.0 Å². The molecule has 0 aliphatic heterocycles. The van der Waals surface area contributed by atoms with Crippen LogP contribution in [0.15, 0.2) is 41.0 Å². The minimum atomic E-state index is -0.151. The number of aryl methyl sites for hydroxylation is 1. The van der Waals surface area contributed by atoms with Crippen LogP contribution in [0.5, 0.6) is 0 Å². The van der Waals surface area contributed by atoms with Crippen molar-refractivity contribution in [3.8, 4) is 0 Å². The van der Waals surface area contributed by atoms with Crippen LogP contribution in [0, 0.1) is 6.92 Å². The number of hydrogen-bond acceptors (Lipinski definition) is 3. The highest BCUT2D eigenvalue weighted by Gasteiger charge is 2.13. The summed E-state index contributed by atoms with van der Waals surface area (Å²) in [7, 11) is 0. The van der Waals surface area contributed by atoms with E-state index in [4.69, 9.17) is 10.2 Å². The molecular weight excluding hydrogens is 228 g/mol. The molecule has 1 aromatic heterocycles. The minimum Gasteiger partial charge on any atom is -0.469 e. The Morgan fingerprint density at radius 3 is 2.78 bits per heavy atom. The fourth-order valence-corrected chi connectivity index (χ4v) is 1.75. The lowest BCUT2D eigenvalue weighted by molar-refractivity contribution is 0.0939. The molecule has 0 aliphatic rings. The molecule has 2 rings (SSSR count). The summed E-state index contributed by atoms with van der Waals surface area (Å²) in [6.45, 7) is 3.72. The van der Waals surface area contributed by atoms with Gasteiger partial charge in [0.1, 0.15) is 12.0 Å². The Hall–Kier alpha value is -2.23. The molecule has 1 amide bonds. The van der Waals surface area contributed by atoms with E-state index in [0.29, 0.717) is 11.3 Å². The van der Waals surface area contributed by atoms with Gasteiger partial charge in [0, 0.05) is 5.69 Å². The molecule has 0 saturated heterocycles. The molecule has 1 atom stereocenters. The van der Waals surface area contributed by atoms with E-state index in [9.17, 15) is 4.79 Å². The van der Waals surface area contributed by atoms with Crippen LogP contribution in [0.2, 0.25) is 0 Å². The summed E-state index contributed by atoms with van der Waals surface area (Å²) in [5.41, 5.74) is 7.91. The number of carbonyl (C=O) groups excluding carboxylic acids is 1. The highest BCUT2D eigenvalue weighted by Crippen LogP contribution is 2.16. The summed E-state index contributed by atoms with van der Waals surface area (Å²) >= 11 is 0. The van der Waals surface area contributed by atoms with Crippen molar-refractivity contribution in [3.05, 3.63) is 53.5 Å². The summed E-state index contributed by atoms with van der Waals surface area (Å²) in [5, 5.41) is 2.90. The monoisotopic (exact) mass is 244 g/mol. The van der Waals surface area contributed by atoms with Crippen LogP contribution >= 0.6 is 0 Å². The van der Waals surface area contributed by atoms with Gasteiger partial charge in [-0.15, -0.1) is 0 Å². The molecule has 0 spiro atoms. The van der Waals surface area contributed by atoms with Crippen LogP contribution < -0.4 is 11.1 Å². The van der Waals surface area contributed by atoms with E-state index in [2.05, 4.69) is 5.32 Å². The maximum atomic E-state index is 11.9. The lowest BCUT2D eigenvalue weighted by Gasteiger charge is -2.14. The zero-order valence-electron chi connectivity index (χ0n) is 10.4. The first kappa shape index (κ1) is 12.2. The molecule has 0 saturated carbocycles. The van der Waals surface area contributed by atoms with Gasteiger partial charge in [-0.05, 0) is 37.6 Å². The molecule has 0 bridgehead atoms. The molecule has 1 unspecified atom stereocenters.